The van der Waals surface area contributed by atoms with E-state index in [0.717, 1.165) is 41.6 Å². The average molecular weight is 481 g/mol. The molecule has 0 saturated heterocycles. The second-order valence-electron chi connectivity index (χ2n) is 7.44. The normalized spacial score (nSPS) is 11.1. The molecule has 35 heavy (non-hydrogen) atoms. The van der Waals surface area contributed by atoms with Crippen molar-refractivity contribution in [3.8, 4) is 5.75 Å². The summed E-state index contributed by atoms with van der Waals surface area (Å²) in [4.78, 5) is 28.7. The van der Waals surface area contributed by atoms with Crippen LogP contribution in [0.25, 0.3) is 10.9 Å². The monoisotopic (exact) mass is 480 g/mol. The van der Waals surface area contributed by atoms with Crippen molar-refractivity contribution >= 4 is 35.0 Å². The van der Waals surface area contributed by atoms with Crippen LogP contribution in [-0.4, -0.2) is 54.3 Å². The van der Waals surface area contributed by atoms with Gasteiger partial charge in [0.25, 0.3) is 5.91 Å². The van der Waals surface area contributed by atoms with Crippen LogP contribution in [-0.2, 0) is 4.79 Å². The molecule has 0 spiro atoms. The van der Waals surface area contributed by atoms with Gasteiger partial charge in [-0.15, -0.1) is 0 Å². The number of carbonyl (C=O) groups is 2. The fourth-order valence-electron chi connectivity index (χ4n) is 2.97. The van der Waals surface area contributed by atoms with Crippen molar-refractivity contribution in [3.63, 3.8) is 0 Å². The Morgan fingerprint density at radius 3 is 2.63 bits per heavy atom. The average Bonchev–Trinajstić information content (AvgIpc) is 3.28. The second-order valence-corrected chi connectivity index (χ2v) is 7.44. The number of aromatic nitrogens is 1. The number of amides is 1. The largest absolute Gasteiger partial charge is 0.497 e. The van der Waals surface area contributed by atoms with Crippen LogP contribution < -0.4 is 21.2 Å². The first-order valence-electron chi connectivity index (χ1n) is 11.2. The van der Waals surface area contributed by atoms with Gasteiger partial charge in [-0.3, -0.25) is 14.6 Å². The minimum Gasteiger partial charge on any atom is -0.497 e. The van der Waals surface area contributed by atoms with Crippen LogP contribution in [0.15, 0.2) is 64.8 Å². The van der Waals surface area contributed by atoms with Gasteiger partial charge < -0.3 is 25.9 Å². The maximum Gasteiger partial charge on any atom is 0.322 e. The first-order valence-corrected chi connectivity index (χ1v) is 11.2. The Balaban J connectivity index is 0.000000283. The number of benzene rings is 2. The maximum absolute atomic E-state index is 11.2. The van der Waals surface area contributed by atoms with E-state index in [4.69, 9.17) is 15.6 Å². The predicted molar refractivity (Wildman–Crippen MR) is 138 cm³/mol. The minimum atomic E-state index is -1.05. The van der Waals surface area contributed by atoms with Gasteiger partial charge in [-0.1, -0.05) is 38.0 Å². The SMILES string of the molecule is CCCCCN=C(N)N/N=C\c1c[nH]c2ccc(OC)cc12.O=C(O)CNC(=O)c1ccccc1. The van der Waals surface area contributed by atoms with Gasteiger partial charge in [-0.05, 0) is 36.8 Å². The summed E-state index contributed by atoms with van der Waals surface area (Å²) in [6.45, 7) is 2.53. The summed E-state index contributed by atoms with van der Waals surface area (Å²) in [5, 5.41) is 15.7. The van der Waals surface area contributed by atoms with Gasteiger partial charge in [0.1, 0.15) is 12.3 Å². The molecule has 3 aromatic rings. The highest BCUT2D eigenvalue weighted by Crippen LogP contribution is 2.22. The number of guanidine groups is 1. The van der Waals surface area contributed by atoms with Gasteiger partial charge in [0, 0.05) is 34.8 Å². The van der Waals surface area contributed by atoms with Crippen molar-refractivity contribution < 1.29 is 19.4 Å². The standard InChI is InChI=1S/C16H23N5O.C9H9NO3/c1-3-4-5-8-18-16(17)21-20-11-12-10-19-15-7-6-13(22-2)9-14(12)15;11-8(12)6-10-9(13)7-4-2-1-3-5-7/h6-7,9-11,19H,3-5,8H2,1-2H3,(H3,17,18,21);1-5H,6H2,(H,10,13)(H,11,12)/b20-11-;. The van der Waals surface area contributed by atoms with E-state index in [-0.39, 0.29) is 12.5 Å². The zero-order valence-electron chi connectivity index (χ0n) is 20.0. The Morgan fingerprint density at radius 1 is 1.17 bits per heavy atom. The number of methoxy groups -OCH3 is 1. The molecule has 0 bridgehead atoms. The number of nitrogens with one attached hydrogen (secondary N) is 3. The molecule has 6 N–H and O–H groups in total. The molecule has 1 heterocycles. The molecule has 10 nitrogen and oxygen atoms in total. The number of hydrazone groups is 1. The van der Waals surface area contributed by atoms with Gasteiger partial charge in [-0.25, -0.2) is 5.43 Å². The maximum atomic E-state index is 11.2. The van der Waals surface area contributed by atoms with Crippen molar-refractivity contribution in [2.45, 2.75) is 26.2 Å². The number of ether oxygens (including phenoxy) is 1. The van der Waals surface area contributed by atoms with E-state index in [1.165, 1.54) is 6.42 Å². The number of aliphatic imine (C=N–C) groups is 1. The summed E-state index contributed by atoms with van der Waals surface area (Å²) >= 11 is 0. The molecular weight excluding hydrogens is 448 g/mol. The van der Waals surface area contributed by atoms with E-state index < -0.39 is 5.97 Å². The number of fused-ring (bicyclic) bond motifs is 1. The lowest BCUT2D eigenvalue weighted by Crippen LogP contribution is -2.29. The van der Waals surface area contributed by atoms with Gasteiger partial charge >= 0.3 is 5.97 Å². The molecule has 0 radical (unpaired) electrons. The second kappa shape index (κ2) is 14.7. The topological polar surface area (TPSA) is 154 Å². The van der Waals surface area contributed by atoms with Gasteiger partial charge in [-0.2, -0.15) is 5.10 Å². The van der Waals surface area contributed by atoms with E-state index in [1.54, 1.807) is 43.7 Å². The number of aliphatic carboxylic acids is 1. The van der Waals surface area contributed by atoms with Crippen LogP contribution >= 0.6 is 0 Å². The smallest absolute Gasteiger partial charge is 0.322 e. The predicted octanol–water partition coefficient (Wildman–Crippen LogP) is 3.11. The Labute approximate surface area is 204 Å². The van der Waals surface area contributed by atoms with Gasteiger partial charge in [0.15, 0.2) is 0 Å². The number of carboxylic acid groups (broad SMARTS) is 1. The van der Waals surface area contributed by atoms with E-state index in [1.807, 2.05) is 24.4 Å². The highest BCUT2D eigenvalue weighted by atomic mass is 16.5. The molecule has 0 aliphatic heterocycles. The molecule has 0 fully saturated rings. The zero-order chi connectivity index (χ0) is 25.5. The summed E-state index contributed by atoms with van der Waals surface area (Å²) in [6.07, 6.45) is 6.99. The number of unbranched alkanes of at least 4 members (excludes halogenated alkanes) is 2. The van der Waals surface area contributed by atoms with Gasteiger partial charge in [0.2, 0.25) is 5.96 Å². The molecule has 1 amide bonds. The number of carbonyl (C=O) groups excluding carboxylic acids is 1. The molecule has 0 unspecified atom stereocenters. The Morgan fingerprint density at radius 2 is 1.94 bits per heavy atom. The minimum absolute atomic E-state index is 0.338. The Bertz CT molecular complexity index is 1140. The molecule has 2 aromatic carbocycles. The number of hydrogen-bond acceptors (Lipinski definition) is 5. The summed E-state index contributed by atoms with van der Waals surface area (Å²) in [5.41, 5.74) is 10.9. The Hall–Kier alpha value is -4.34. The van der Waals surface area contributed by atoms with E-state index in [0.29, 0.717) is 11.5 Å². The number of nitrogens with two attached hydrogens (primary N) is 1. The summed E-state index contributed by atoms with van der Waals surface area (Å²) < 4.78 is 5.24. The lowest BCUT2D eigenvalue weighted by atomic mass is 10.2. The van der Waals surface area contributed by atoms with Crippen molar-refractivity contribution in [2.24, 2.45) is 15.8 Å². The third-order valence-electron chi connectivity index (χ3n) is 4.78. The lowest BCUT2D eigenvalue weighted by molar-refractivity contribution is -0.135. The highest BCUT2D eigenvalue weighted by molar-refractivity contribution is 6.00. The Kier molecular flexibility index (Phi) is 11.3. The lowest BCUT2D eigenvalue weighted by Gasteiger charge is -2.00. The van der Waals surface area contributed by atoms with Gasteiger partial charge in [0.05, 0.1) is 13.3 Å². The third-order valence-corrected chi connectivity index (χ3v) is 4.78. The first kappa shape index (κ1) is 26.9. The quantitative estimate of drug-likeness (QED) is 0.130. The number of carboxylic acids is 1. The van der Waals surface area contributed by atoms with Crippen LogP contribution in [0.3, 0.4) is 0 Å². The van der Waals surface area contributed by atoms with Crippen LogP contribution in [0.1, 0.15) is 42.1 Å². The van der Waals surface area contributed by atoms with Crippen molar-refractivity contribution in [1.82, 2.24) is 15.7 Å². The van der Waals surface area contributed by atoms with E-state index in [2.05, 4.69) is 32.7 Å². The highest BCUT2D eigenvalue weighted by Gasteiger charge is 2.05. The third kappa shape index (κ3) is 9.58. The summed E-state index contributed by atoms with van der Waals surface area (Å²) in [5.74, 6) is -0.274. The molecule has 0 aliphatic carbocycles. The molecule has 0 aliphatic rings. The summed E-state index contributed by atoms with van der Waals surface area (Å²) in [6, 6.07) is 14.3. The fraction of sp³-hybridized carbons (Fsp3) is 0.280. The van der Waals surface area contributed by atoms with Crippen LogP contribution in [0.4, 0.5) is 0 Å². The van der Waals surface area contributed by atoms with Crippen molar-refractivity contribution in [2.75, 3.05) is 20.2 Å². The number of hydrogen-bond donors (Lipinski definition) is 5. The molecule has 0 atom stereocenters. The molecule has 3 rings (SSSR count). The van der Waals surface area contributed by atoms with Crippen molar-refractivity contribution in [3.05, 3.63) is 65.9 Å². The van der Waals surface area contributed by atoms with E-state index >= 15 is 0 Å². The molecular formula is C25H32N6O4. The van der Waals surface area contributed by atoms with Crippen LogP contribution in [0.2, 0.25) is 0 Å². The molecule has 1 aromatic heterocycles. The molecule has 0 saturated carbocycles. The molecule has 186 valence electrons. The van der Waals surface area contributed by atoms with Crippen LogP contribution in [0, 0.1) is 0 Å². The number of rotatable bonds is 10. The first-order chi connectivity index (χ1) is 16.9. The zero-order valence-corrected chi connectivity index (χ0v) is 20.0. The number of nitrogens with zero attached hydrogens (tertiary/aromatic N) is 2. The van der Waals surface area contributed by atoms with Crippen LogP contribution in [0.5, 0.6) is 5.75 Å². The molecule has 10 heteroatoms. The number of H-pyrrole nitrogens is 1. The number of aromatic amines is 1. The van der Waals surface area contributed by atoms with Crippen molar-refractivity contribution in [1.29, 1.82) is 0 Å². The fourth-order valence-corrected chi connectivity index (χ4v) is 2.97. The van der Waals surface area contributed by atoms with E-state index in [9.17, 15) is 9.59 Å². The summed E-state index contributed by atoms with van der Waals surface area (Å²) in [7, 11) is 1.65.